The fraction of sp³-hybridized carbons (Fsp3) is 0.833. The highest BCUT2D eigenvalue weighted by Crippen LogP contribution is 2.56. The Morgan fingerprint density at radius 1 is 0.538 bits per heavy atom. The van der Waals surface area contributed by atoms with Crippen LogP contribution in [0.2, 0.25) is 0 Å². The Bertz CT molecular complexity index is 528. The van der Waals surface area contributed by atoms with E-state index < -0.39 is 0 Å². The van der Waals surface area contributed by atoms with Gasteiger partial charge < -0.3 is 0 Å². The number of thioether (sulfide) groups is 2. The molecule has 0 unspecified atom stereocenters. The third kappa shape index (κ3) is 4.77. The first-order chi connectivity index (χ1) is 11.4. The molecule has 26 heavy (non-hydrogen) atoms. The molecule has 0 aromatic heterocycles. The summed E-state index contributed by atoms with van der Waals surface area (Å²) in [5, 5.41) is 2.44. The van der Waals surface area contributed by atoms with E-state index in [0.29, 0.717) is 31.8 Å². The van der Waals surface area contributed by atoms with Crippen molar-refractivity contribution in [2.45, 2.75) is 104 Å². The third-order valence-electron chi connectivity index (χ3n) is 5.47. The van der Waals surface area contributed by atoms with Crippen molar-refractivity contribution in [2.24, 2.45) is 21.7 Å². The van der Waals surface area contributed by atoms with Crippen molar-refractivity contribution in [1.82, 2.24) is 0 Å². The Balaban J connectivity index is 2.37. The second kappa shape index (κ2) is 6.90. The molecule has 2 heteroatoms. The minimum absolute atomic E-state index is 0.253. The van der Waals surface area contributed by atoms with Crippen LogP contribution in [0.5, 0.6) is 0 Å². The first-order valence-electron chi connectivity index (χ1n) is 10.2. The van der Waals surface area contributed by atoms with E-state index in [2.05, 4.69) is 119 Å². The maximum atomic E-state index is 2.64. The summed E-state index contributed by atoms with van der Waals surface area (Å²) in [5.74, 6) is 0. The summed E-state index contributed by atoms with van der Waals surface area (Å²) in [6, 6.07) is 0. The van der Waals surface area contributed by atoms with Crippen LogP contribution in [0.3, 0.4) is 0 Å². The van der Waals surface area contributed by atoms with Gasteiger partial charge in [0.2, 0.25) is 0 Å². The minimum atomic E-state index is 0.253. The van der Waals surface area contributed by atoms with Gasteiger partial charge in [-0.2, -0.15) is 0 Å². The molecular formula is C24H42S2. The summed E-state index contributed by atoms with van der Waals surface area (Å²) in [6.07, 6.45) is 5.28. The Kier molecular flexibility index (Phi) is 5.97. The van der Waals surface area contributed by atoms with Gasteiger partial charge in [-0.1, -0.05) is 106 Å². The summed E-state index contributed by atoms with van der Waals surface area (Å²) in [4.78, 5) is 0. The van der Waals surface area contributed by atoms with Gasteiger partial charge in [0.25, 0.3) is 0 Å². The molecule has 0 amide bonds. The van der Waals surface area contributed by atoms with E-state index in [1.54, 1.807) is 11.1 Å². The average molecular weight is 395 g/mol. The van der Waals surface area contributed by atoms with Gasteiger partial charge in [-0.15, -0.1) is 23.5 Å². The molecule has 0 aromatic rings. The van der Waals surface area contributed by atoms with E-state index in [0.717, 1.165) is 0 Å². The normalized spacial score (nSPS) is 31.2. The van der Waals surface area contributed by atoms with Crippen LogP contribution in [0, 0.1) is 21.7 Å². The van der Waals surface area contributed by atoms with Crippen LogP contribution in [0.15, 0.2) is 23.3 Å². The fourth-order valence-corrected chi connectivity index (χ4v) is 7.95. The van der Waals surface area contributed by atoms with Crippen LogP contribution in [0.4, 0.5) is 0 Å². The van der Waals surface area contributed by atoms with Crippen LogP contribution in [-0.4, -0.2) is 21.0 Å². The monoisotopic (exact) mass is 394 g/mol. The summed E-state index contributed by atoms with van der Waals surface area (Å²) < 4.78 is 0. The zero-order chi connectivity index (χ0) is 20.3. The van der Waals surface area contributed by atoms with Crippen LogP contribution < -0.4 is 0 Å². The molecule has 150 valence electrons. The van der Waals surface area contributed by atoms with Gasteiger partial charge in [-0.3, -0.25) is 0 Å². The first-order valence-corrected chi connectivity index (χ1v) is 12.1. The number of hydrogen-bond donors (Lipinski definition) is 0. The van der Waals surface area contributed by atoms with E-state index >= 15 is 0 Å². The van der Waals surface area contributed by atoms with Gasteiger partial charge in [-0.25, -0.2) is 0 Å². The lowest BCUT2D eigenvalue weighted by Gasteiger charge is -2.36. The molecule has 0 aliphatic carbocycles. The van der Waals surface area contributed by atoms with Gasteiger partial charge >= 0.3 is 0 Å². The Morgan fingerprint density at radius 3 is 0.962 bits per heavy atom. The lowest BCUT2D eigenvalue weighted by Crippen LogP contribution is -2.29. The van der Waals surface area contributed by atoms with E-state index in [1.807, 2.05) is 0 Å². The highest BCUT2D eigenvalue weighted by molar-refractivity contribution is 8.05. The SMILES string of the molecule is CC(C)(C)C1=C[C@@H]([C@@H]2C=C(C(C)(C)C)[C@H](C(C)(C)C)S2)S[C@H]1C(C)(C)C. The Morgan fingerprint density at radius 2 is 0.808 bits per heavy atom. The highest BCUT2D eigenvalue weighted by Gasteiger charge is 2.46. The lowest BCUT2D eigenvalue weighted by atomic mass is 9.75. The van der Waals surface area contributed by atoms with Crippen LogP contribution in [0.25, 0.3) is 0 Å². The van der Waals surface area contributed by atoms with Gasteiger partial charge in [-0.05, 0) is 21.7 Å². The van der Waals surface area contributed by atoms with Crippen LogP contribution >= 0.6 is 23.5 Å². The predicted molar refractivity (Wildman–Crippen MR) is 124 cm³/mol. The maximum absolute atomic E-state index is 2.64. The van der Waals surface area contributed by atoms with Gasteiger partial charge in [0.05, 0.1) is 0 Å². The molecule has 0 N–H and O–H groups in total. The number of hydrogen-bond acceptors (Lipinski definition) is 2. The first kappa shape index (κ1) is 22.5. The van der Waals surface area contributed by atoms with Crippen LogP contribution in [0.1, 0.15) is 83.1 Å². The van der Waals surface area contributed by atoms with Crippen molar-refractivity contribution >= 4 is 23.5 Å². The molecule has 0 aromatic carbocycles. The topological polar surface area (TPSA) is 0 Å². The van der Waals surface area contributed by atoms with Crippen molar-refractivity contribution in [3.05, 3.63) is 23.3 Å². The van der Waals surface area contributed by atoms with Gasteiger partial charge in [0.15, 0.2) is 0 Å². The Labute approximate surface area is 172 Å². The highest BCUT2D eigenvalue weighted by atomic mass is 32.2. The van der Waals surface area contributed by atoms with Gasteiger partial charge in [0.1, 0.15) is 0 Å². The summed E-state index contributed by atoms with van der Waals surface area (Å²) in [7, 11) is 0. The second-order valence-corrected chi connectivity index (χ2v) is 15.0. The molecule has 2 heterocycles. The number of rotatable bonds is 1. The standard InChI is InChI=1S/C24H42S2/c1-21(2,3)15-13-17(25-19(15)23(7,8)9)18-14-16(22(4,5)6)20(26-18)24(10,11)12/h13-14,17-20H,1-12H3/t17-,18-,19+,20+/m0/s1. The molecule has 2 aliphatic rings. The van der Waals surface area contributed by atoms with E-state index in [-0.39, 0.29) is 10.8 Å². The quantitative estimate of drug-likeness (QED) is 0.413. The van der Waals surface area contributed by atoms with Crippen molar-refractivity contribution in [1.29, 1.82) is 0 Å². The van der Waals surface area contributed by atoms with Crippen molar-refractivity contribution in [3.8, 4) is 0 Å². The summed E-state index contributed by atoms with van der Waals surface area (Å²) >= 11 is 4.43. The molecule has 0 fully saturated rings. The van der Waals surface area contributed by atoms with Gasteiger partial charge in [0, 0.05) is 21.0 Å². The van der Waals surface area contributed by atoms with Crippen molar-refractivity contribution in [3.63, 3.8) is 0 Å². The van der Waals surface area contributed by atoms with E-state index in [4.69, 9.17) is 0 Å². The smallest absolute Gasteiger partial charge is 0.0391 e. The lowest BCUT2D eigenvalue weighted by molar-refractivity contribution is 0.373. The molecule has 2 aliphatic heterocycles. The predicted octanol–water partition coefficient (Wildman–Crippen LogP) is 7.99. The largest absolute Gasteiger partial charge is 0.144 e. The Hall–Kier alpha value is 0.180. The van der Waals surface area contributed by atoms with E-state index in [9.17, 15) is 0 Å². The molecule has 0 bridgehead atoms. The maximum Gasteiger partial charge on any atom is 0.0391 e. The zero-order valence-corrected chi connectivity index (χ0v) is 20.9. The summed E-state index contributed by atoms with van der Waals surface area (Å²) in [6.45, 7) is 28.7. The molecule has 0 radical (unpaired) electrons. The zero-order valence-electron chi connectivity index (χ0n) is 19.3. The fourth-order valence-electron chi connectivity index (χ4n) is 4.04. The summed E-state index contributed by atoms with van der Waals surface area (Å²) in [5.41, 5.74) is 4.44. The molecule has 0 spiro atoms. The molecular weight excluding hydrogens is 352 g/mol. The van der Waals surface area contributed by atoms with Crippen LogP contribution in [-0.2, 0) is 0 Å². The third-order valence-corrected chi connectivity index (χ3v) is 9.59. The van der Waals surface area contributed by atoms with E-state index in [1.165, 1.54) is 0 Å². The second-order valence-electron chi connectivity index (χ2n) is 12.4. The average Bonchev–Trinajstić information content (AvgIpc) is 3.00. The molecule has 0 saturated heterocycles. The molecule has 0 saturated carbocycles. The van der Waals surface area contributed by atoms with Crippen molar-refractivity contribution in [2.75, 3.05) is 0 Å². The van der Waals surface area contributed by atoms with Crippen molar-refractivity contribution < 1.29 is 0 Å². The molecule has 0 nitrogen and oxygen atoms in total. The molecule has 2 rings (SSSR count). The minimum Gasteiger partial charge on any atom is -0.144 e. The molecule has 4 atom stereocenters.